The molecule has 0 saturated heterocycles. The molecule has 0 aromatic heterocycles. The van der Waals surface area contributed by atoms with Gasteiger partial charge in [0.1, 0.15) is 0 Å². The summed E-state index contributed by atoms with van der Waals surface area (Å²) in [5.74, 6) is 0. The summed E-state index contributed by atoms with van der Waals surface area (Å²) in [7, 11) is 0. The van der Waals surface area contributed by atoms with Gasteiger partial charge in [0.05, 0.1) is 5.71 Å². The lowest BCUT2D eigenvalue weighted by Gasteiger charge is -2.18. The quantitative estimate of drug-likeness (QED) is 0.460. The Bertz CT molecular complexity index is 359. The van der Waals surface area contributed by atoms with Crippen molar-refractivity contribution in [2.75, 3.05) is 0 Å². The third-order valence-electron chi connectivity index (χ3n) is 2.84. The van der Waals surface area contributed by atoms with Crippen molar-refractivity contribution in [3.8, 4) is 0 Å². The van der Waals surface area contributed by atoms with Gasteiger partial charge in [0.25, 0.3) is 0 Å². The Balaban J connectivity index is 2.40. The smallest absolute Gasteiger partial charge is 0.0867 e. The highest BCUT2D eigenvalue weighted by molar-refractivity contribution is 6.03. The molecule has 0 spiro atoms. The largest absolute Gasteiger partial charge is 0.411 e. The Hall–Kier alpha value is -1.31. The molecule has 0 fully saturated rings. The summed E-state index contributed by atoms with van der Waals surface area (Å²) < 4.78 is 0. The molecule has 2 nitrogen and oxygen atoms in total. The topological polar surface area (TPSA) is 32.6 Å². The Labute approximate surface area is 84.3 Å². The van der Waals surface area contributed by atoms with Gasteiger partial charge in [0.2, 0.25) is 0 Å². The van der Waals surface area contributed by atoms with E-state index in [0.717, 1.165) is 37.0 Å². The van der Waals surface area contributed by atoms with E-state index in [-0.39, 0.29) is 0 Å². The zero-order chi connectivity index (χ0) is 9.97. The molecule has 0 amide bonds. The molecule has 14 heavy (non-hydrogen) atoms. The lowest BCUT2D eigenvalue weighted by atomic mass is 9.87. The van der Waals surface area contributed by atoms with Crippen molar-refractivity contribution in [3.63, 3.8) is 0 Å². The first kappa shape index (κ1) is 9.25. The summed E-state index contributed by atoms with van der Waals surface area (Å²) >= 11 is 0. The van der Waals surface area contributed by atoms with Crippen molar-refractivity contribution >= 4 is 5.71 Å². The molecule has 2 aliphatic carbocycles. The van der Waals surface area contributed by atoms with Gasteiger partial charge in [-0.3, -0.25) is 0 Å². The second-order valence-corrected chi connectivity index (χ2v) is 3.97. The van der Waals surface area contributed by atoms with Crippen molar-refractivity contribution in [2.24, 2.45) is 5.16 Å². The summed E-state index contributed by atoms with van der Waals surface area (Å²) in [4.78, 5) is 0. The fourth-order valence-corrected chi connectivity index (χ4v) is 2.15. The summed E-state index contributed by atoms with van der Waals surface area (Å²) in [5, 5.41) is 12.3. The predicted molar refractivity (Wildman–Crippen MR) is 57.6 cm³/mol. The Morgan fingerprint density at radius 1 is 1.36 bits per heavy atom. The van der Waals surface area contributed by atoms with E-state index in [2.05, 4.69) is 24.2 Å². The molecule has 1 N–H and O–H groups in total. The van der Waals surface area contributed by atoms with E-state index in [4.69, 9.17) is 5.21 Å². The number of hydrogen-bond acceptors (Lipinski definition) is 2. The Kier molecular flexibility index (Phi) is 2.53. The van der Waals surface area contributed by atoms with E-state index in [1.54, 1.807) is 0 Å². The zero-order valence-electron chi connectivity index (χ0n) is 8.45. The van der Waals surface area contributed by atoms with E-state index >= 15 is 0 Å². The second kappa shape index (κ2) is 3.82. The first-order chi connectivity index (χ1) is 6.81. The van der Waals surface area contributed by atoms with Crippen LogP contribution in [0.15, 0.2) is 40.1 Å². The molecule has 0 heterocycles. The highest BCUT2D eigenvalue weighted by Crippen LogP contribution is 2.30. The van der Waals surface area contributed by atoms with Crippen LogP contribution in [0.1, 0.15) is 32.6 Å². The van der Waals surface area contributed by atoms with Crippen LogP contribution < -0.4 is 0 Å². The lowest BCUT2D eigenvalue weighted by Crippen LogP contribution is -2.10. The average Bonchev–Trinajstić information content (AvgIpc) is 2.37. The van der Waals surface area contributed by atoms with Crippen molar-refractivity contribution in [2.45, 2.75) is 32.6 Å². The third kappa shape index (κ3) is 1.65. The number of allylic oxidation sites excluding steroid dienone is 6. The molecule has 0 aromatic carbocycles. The summed E-state index contributed by atoms with van der Waals surface area (Å²) in [6.45, 7) is 2.14. The molecule has 0 saturated carbocycles. The highest BCUT2D eigenvalue weighted by Gasteiger charge is 2.18. The molecule has 0 atom stereocenters. The van der Waals surface area contributed by atoms with Crippen LogP contribution in [0, 0.1) is 0 Å². The lowest BCUT2D eigenvalue weighted by molar-refractivity contribution is 0.317. The fourth-order valence-electron chi connectivity index (χ4n) is 2.15. The van der Waals surface area contributed by atoms with E-state index in [1.165, 1.54) is 11.1 Å². The van der Waals surface area contributed by atoms with Gasteiger partial charge in [-0.05, 0) is 38.2 Å². The third-order valence-corrected chi connectivity index (χ3v) is 2.84. The van der Waals surface area contributed by atoms with Crippen LogP contribution >= 0.6 is 0 Å². The van der Waals surface area contributed by atoms with Gasteiger partial charge in [0, 0.05) is 0 Å². The second-order valence-electron chi connectivity index (χ2n) is 3.97. The first-order valence-corrected chi connectivity index (χ1v) is 5.08. The van der Waals surface area contributed by atoms with Gasteiger partial charge in [-0.15, -0.1) is 0 Å². The van der Waals surface area contributed by atoms with E-state index < -0.39 is 0 Å². The normalized spacial score (nSPS) is 24.6. The van der Waals surface area contributed by atoms with Crippen LogP contribution in [0.5, 0.6) is 0 Å². The molecule has 2 aliphatic rings. The maximum Gasteiger partial charge on any atom is 0.0867 e. The molecular formula is C12H15NO. The first-order valence-electron chi connectivity index (χ1n) is 5.08. The van der Waals surface area contributed by atoms with Crippen LogP contribution in [-0.2, 0) is 0 Å². The number of nitrogens with zero attached hydrogens (tertiary/aromatic N) is 1. The Morgan fingerprint density at radius 3 is 3.00 bits per heavy atom. The standard InChI is InChI=1S/C12H15NO/c1-9-4-2-6-11-10(8-9)5-3-7-12(11)13-14/h2,4,6,14H,3,5,7-8H2,1H3/b13-12+. The molecule has 0 radical (unpaired) electrons. The zero-order valence-corrected chi connectivity index (χ0v) is 8.45. The minimum Gasteiger partial charge on any atom is -0.411 e. The summed E-state index contributed by atoms with van der Waals surface area (Å²) in [6.07, 6.45) is 10.4. The number of rotatable bonds is 0. The molecule has 0 aliphatic heterocycles. The highest BCUT2D eigenvalue weighted by atomic mass is 16.4. The fraction of sp³-hybridized carbons (Fsp3) is 0.417. The minimum absolute atomic E-state index is 0.852. The van der Waals surface area contributed by atoms with Gasteiger partial charge >= 0.3 is 0 Å². The Morgan fingerprint density at radius 2 is 2.21 bits per heavy atom. The van der Waals surface area contributed by atoms with Gasteiger partial charge < -0.3 is 5.21 Å². The van der Waals surface area contributed by atoms with Gasteiger partial charge in [0.15, 0.2) is 0 Å². The van der Waals surface area contributed by atoms with Gasteiger partial charge in [-0.2, -0.15) is 0 Å². The monoisotopic (exact) mass is 189 g/mol. The molecule has 2 heteroatoms. The van der Waals surface area contributed by atoms with Crippen molar-refractivity contribution in [1.29, 1.82) is 0 Å². The van der Waals surface area contributed by atoms with E-state index in [1.807, 2.05) is 6.08 Å². The van der Waals surface area contributed by atoms with Crippen molar-refractivity contribution in [1.82, 2.24) is 0 Å². The summed E-state index contributed by atoms with van der Waals surface area (Å²) in [5.41, 5.74) is 4.81. The van der Waals surface area contributed by atoms with E-state index in [0.29, 0.717) is 0 Å². The number of hydrogen-bond donors (Lipinski definition) is 1. The molecule has 0 bridgehead atoms. The van der Waals surface area contributed by atoms with Crippen LogP contribution in [-0.4, -0.2) is 10.9 Å². The van der Waals surface area contributed by atoms with Gasteiger partial charge in [-0.1, -0.05) is 34.5 Å². The molecule has 2 rings (SSSR count). The van der Waals surface area contributed by atoms with Crippen LogP contribution in [0.25, 0.3) is 0 Å². The molecule has 0 aromatic rings. The molecule has 0 unspecified atom stereocenters. The predicted octanol–water partition coefficient (Wildman–Crippen LogP) is 3.20. The van der Waals surface area contributed by atoms with Crippen molar-refractivity contribution < 1.29 is 5.21 Å². The average molecular weight is 189 g/mol. The van der Waals surface area contributed by atoms with E-state index in [9.17, 15) is 0 Å². The maximum absolute atomic E-state index is 8.89. The minimum atomic E-state index is 0.852. The molecule has 74 valence electrons. The van der Waals surface area contributed by atoms with Crippen LogP contribution in [0.3, 0.4) is 0 Å². The van der Waals surface area contributed by atoms with Crippen molar-refractivity contribution in [3.05, 3.63) is 34.9 Å². The van der Waals surface area contributed by atoms with Crippen LogP contribution in [0.2, 0.25) is 0 Å². The van der Waals surface area contributed by atoms with Gasteiger partial charge in [-0.25, -0.2) is 0 Å². The summed E-state index contributed by atoms with van der Waals surface area (Å²) in [6, 6.07) is 0. The SMILES string of the molecule is CC1=CC=CC2=C(CCC/C2=N\O)C1. The molecular weight excluding hydrogens is 174 g/mol. The number of oxime groups is 1. The van der Waals surface area contributed by atoms with Crippen LogP contribution in [0.4, 0.5) is 0 Å². The maximum atomic E-state index is 8.89.